The van der Waals surface area contributed by atoms with Gasteiger partial charge in [-0.05, 0) is 55.3 Å². The molecule has 0 unspecified atom stereocenters. The Kier molecular flexibility index (Phi) is 7.61. The van der Waals surface area contributed by atoms with E-state index in [1.54, 1.807) is 24.3 Å². The maximum absolute atomic E-state index is 12.9. The lowest BCUT2D eigenvalue weighted by atomic mass is 10.2. The molecule has 2 aromatic heterocycles. The molecule has 0 spiro atoms. The molecule has 8 nitrogen and oxygen atoms in total. The topological polar surface area (TPSA) is 103 Å². The first-order valence-corrected chi connectivity index (χ1v) is 13.5. The van der Waals surface area contributed by atoms with Crippen molar-refractivity contribution < 1.29 is 17.9 Å². The summed E-state index contributed by atoms with van der Waals surface area (Å²) in [4.78, 5) is 22.0. The van der Waals surface area contributed by atoms with Crippen LogP contribution in [0.2, 0.25) is 5.02 Å². The second kappa shape index (κ2) is 10.7. The SMILES string of the molecule is CCCOc1ccc(Cn2c(CC)nc3ccc(C(=O)NS(=O)(=O)c4ccc(C)cc4)nc32)c(Cl)c1. The van der Waals surface area contributed by atoms with Gasteiger partial charge in [-0.3, -0.25) is 4.79 Å². The third-order valence-corrected chi connectivity index (χ3v) is 7.30. The van der Waals surface area contributed by atoms with Crippen LogP contribution in [0.5, 0.6) is 5.75 Å². The van der Waals surface area contributed by atoms with Crippen molar-refractivity contribution in [2.24, 2.45) is 0 Å². The molecule has 0 radical (unpaired) electrons. The monoisotopic (exact) mass is 526 g/mol. The number of hydrogen-bond donors (Lipinski definition) is 1. The zero-order valence-corrected chi connectivity index (χ0v) is 21.9. The van der Waals surface area contributed by atoms with Gasteiger partial charge in [0.1, 0.15) is 22.8 Å². The van der Waals surface area contributed by atoms with Gasteiger partial charge in [-0.25, -0.2) is 23.1 Å². The lowest BCUT2D eigenvalue weighted by Crippen LogP contribution is -2.31. The van der Waals surface area contributed by atoms with Crippen molar-refractivity contribution in [1.29, 1.82) is 0 Å². The summed E-state index contributed by atoms with van der Waals surface area (Å²) >= 11 is 6.53. The van der Waals surface area contributed by atoms with Gasteiger partial charge >= 0.3 is 0 Å². The molecule has 0 atom stereocenters. The zero-order chi connectivity index (χ0) is 25.9. The van der Waals surface area contributed by atoms with Crippen LogP contribution >= 0.6 is 11.6 Å². The van der Waals surface area contributed by atoms with E-state index in [0.717, 1.165) is 23.4 Å². The Morgan fingerprint density at radius 2 is 1.81 bits per heavy atom. The molecule has 10 heteroatoms. The lowest BCUT2D eigenvalue weighted by Gasteiger charge is -2.12. The van der Waals surface area contributed by atoms with Crippen molar-refractivity contribution in [2.75, 3.05) is 6.61 Å². The van der Waals surface area contributed by atoms with E-state index >= 15 is 0 Å². The fraction of sp³-hybridized carbons (Fsp3) is 0.269. The quantitative estimate of drug-likeness (QED) is 0.332. The summed E-state index contributed by atoms with van der Waals surface area (Å²) in [6, 6.07) is 14.9. The molecule has 0 saturated carbocycles. The number of nitrogens with zero attached hydrogens (tertiary/aromatic N) is 3. The van der Waals surface area contributed by atoms with Crippen LogP contribution < -0.4 is 9.46 Å². The number of aryl methyl sites for hydroxylation is 2. The number of benzene rings is 2. The number of nitrogens with one attached hydrogen (secondary N) is 1. The minimum atomic E-state index is -4.04. The fourth-order valence-electron chi connectivity index (χ4n) is 3.70. The van der Waals surface area contributed by atoms with E-state index < -0.39 is 15.9 Å². The number of fused-ring (bicyclic) bond motifs is 1. The van der Waals surface area contributed by atoms with Gasteiger partial charge in [0, 0.05) is 11.4 Å². The Balaban J connectivity index is 1.64. The molecule has 2 heterocycles. The first-order valence-electron chi connectivity index (χ1n) is 11.6. The molecule has 36 heavy (non-hydrogen) atoms. The lowest BCUT2D eigenvalue weighted by molar-refractivity contribution is 0.0977. The maximum Gasteiger partial charge on any atom is 0.283 e. The highest BCUT2D eigenvalue weighted by Crippen LogP contribution is 2.26. The van der Waals surface area contributed by atoms with E-state index in [1.165, 1.54) is 18.2 Å². The number of carbonyl (C=O) groups is 1. The van der Waals surface area contributed by atoms with E-state index in [4.69, 9.17) is 16.3 Å². The summed E-state index contributed by atoms with van der Waals surface area (Å²) in [6.07, 6.45) is 1.53. The average molecular weight is 527 g/mol. The van der Waals surface area contributed by atoms with Crippen LogP contribution in [0.15, 0.2) is 59.5 Å². The molecule has 0 aliphatic heterocycles. The van der Waals surface area contributed by atoms with Crippen molar-refractivity contribution in [3.05, 3.63) is 82.3 Å². The number of rotatable bonds is 9. The number of carbonyl (C=O) groups excluding carboxylic acids is 1. The predicted octanol–water partition coefficient (Wildman–Crippen LogP) is 4.91. The summed E-state index contributed by atoms with van der Waals surface area (Å²) < 4.78 is 35.0. The van der Waals surface area contributed by atoms with Crippen LogP contribution in [-0.2, 0) is 23.0 Å². The third kappa shape index (κ3) is 5.52. The van der Waals surface area contributed by atoms with Crippen molar-refractivity contribution >= 4 is 38.7 Å². The van der Waals surface area contributed by atoms with Gasteiger partial charge in [0.2, 0.25) is 0 Å². The number of imidazole rings is 1. The molecule has 1 N–H and O–H groups in total. The summed E-state index contributed by atoms with van der Waals surface area (Å²) in [5, 5.41) is 0.547. The summed E-state index contributed by atoms with van der Waals surface area (Å²) in [5.74, 6) is 0.645. The van der Waals surface area contributed by atoms with Crippen LogP contribution in [0.25, 0.3) is 11.2 Å². The molecule has 2 aromatic carbocycles. The molecule has 0 aliphatic carbocycles. The van der Waals surface area contributed by atoms with Gasteiger partial charge in [-0.1, -0.05) is 49.2 Å². The molecule has 1 amide bonds. The van der Waals surface area contributed by atoms with Gasteiger partial charge in [0.25, 0.3) is 15.9 Å². The number of ether oxygens (including phenoxy) is 1. The fourth-order valence-corrected chi connectivity index (χ4v) is 4.89. The van der Waals surface area contributed by atoms with E-state index in [1.807, 2.05) is 37.5 Å². The Bertz CT molecular complexity index is 1520. The Labute approximate surface area is 215 Å². The largest absolute Gasteiger partial charge is 0.494 e. The molecule has 0 bridgehead atoms. The van der Waals surface area contributed by atoms with Crippen molar-refractivity contribution in [1.82, 2.24) is 19.3 Å². The van der Waals surface area contributed by atoms with E-state index in [2.05, 4.69) is 14.7 Å². The zero-order valence-electron chi connectivity index (χ0n) is 20.3. The number of pyridine rings is 1. The summed E-state index contributed by atoms with van der Waals surface area (Å²) in [7, 11) is -4.04. The highest BCUT2D eigenvalue weighted by molar-refractivity contribution is 7.90. The third-order valence-electron chi connectivity index (χ3n) is 5.60. The number of sulfonamides is 1. The number of hydrogen-bond acceptors (Lipinski definition) is 6. The summed E-state index contributed by atoms with van der Waals surface area (Å²) in [5.41, 5.74) is 2.79. The van der Waals surface area contributed by atoms with Crippen LogP contribution in [0.3, 0.4) is 0 Å². The number of amides is 1. The minimum Gasteiger partial charge on any atom is -0.494 e. The maximum atomic E-state index is 12.9. The molecular formula is C26H27ClN4O4S. The standard InChI is InChI=1S/C26H27ClN4O4S/c1-4-14-35-19-9-8-18(21(27)15-19)16-31-24(5-2)28-22-12-13-23(29-25(22)31)26(32)30-36(33,34)20-10-6-17(3)7-11-20/h6-13,15H,4-5,14,16H2,1-3H3,(H,30,32). The predicted molar refractivity (Wildman–Crippen MR) is 139 cm³/mol. The first-order chi connectivity index (χ1) is 17.2. The molecule has 0 fully saturated rings. The second-order valence-electron chi connectivity index (χ2n) is 8.36. The van der Waals surface area contributed by atoms with Crippen LogP contribution in [0, 0.1) is 6.92 Å². The average Bonchev–Trinajstić information content (AvgIpc) is 3.21. The Morgan fingerprint density at radius 1 is 1.06 bits per heavy atom. The Hall–Kier alpha value is -3.43. The molecule has 4 rings (SSSR count). The van der Waals surface area contributed by atoms with Crippen LogP contribution in [0.1, 0.15) is 47.7 Å². The molecule has 4 aromatic rings. The van der Waals surface area contributed by atoms with Gasteiger partial charge < -0.3 is 9.30 Å². The van der Waals surface area contributed by atoms with E-state index in [9.17, 15) is 13.2 Å². The van der Waals surface area contributed by atoms with Crippen molar-refractivity contribution in [3.8, 4) is 5.75 Å². The van der Waals surface area contributed by atoms with Crippen LogP contribution in [-0.4, -0.2) is 35.5 Å². The van der Waals surface area contributed by atoms with Gasteiger partial charge in [-0.15, -0.1) is 0 Å². The van der Waals surface area contributed by atoms with Crippen molar-refractivity contribution in [3.63, 3.8) is 0 Å². The highest BCUT2D eigenvalue weighted by atomic mass is 35.5. The minimum absolute atomic E-state index is 0.00171. The Morgan fingerprint density at radius 3 is 2.47 bits per heavy atom. The summed E-state index contributed by atoms with van der Waals surface area (Å²) in [6.45, 7) is 6.85. The highest BCUT2D eigenvalue weighted by Gasteiger charge is 2.21. The van der Waals surface area contributed by atoms with Crippen LogP contribution in [0.4, 0.5) is 0 Å². The number of aromatic nitrogens is 3. The molecular weight excluding hydrogens is 500 g/mol. The smallest absolute Gasteiger partial charge is 0.283 e. The van der Waals surface area contributed by atoms with E-state index in [-0.39, 0.29) is 10.6 Å². The second-order valence-corrected chi connectivity index (χ2v) is 10.4. The first kappa shape index (κ1) is 25.7. The van der Waals surface area contributed by atoms with Gasteiger partial charge in [-0.2, -0.15) is 0 Å². The van der Waals surface area contributed by atoms with Gasteiger partial charge in [0.05, 0.1) is 18.0 Å². The molecule has 188 valence electrons. The number of halogens is 1. The molecule has 0 aliphatic rings. The van der Waals surface area contributed by atoms with Gasteiger partial charge in [0.15, 0.2) is 5.65 Å². The normalized spacial score (nSPS) is 11.6. The van der Waals surface area contributed by atoms with E-state index in [0.29, 0.717) is 41.5 Å². The van der Waals surface area contributed by atoms with Crippen molar-refractivity contribution in [2.45, 2.75) is 45.1 Å². The molecule has 0 saturated heterocycles.